The van der Waals surface area contributed by atoms with Crippen molar-refractivity contribution >= 4 is 21.7 Å². The summed E-state index contributed by atoms with van der Waals surface area (Å²) in [5.41, 5.74) is 0.814. The number of methoxy groups -OCH3 is 1. The number of likely N-dealkylation sites (tertiary alicyclic amines) is 1. The van der Waals surface area contributed by atoms with E-state index in [-0.39, 0.29) is 5.78 Å². The van der Waals surface area contributed by atoms with Crippen molar-refractivity contribution in [3.05, 3.63) is 34.3 Å². The van der Waals surface area contributed by atoms with Gasteiger partial charge in [-0.05, 0) is 50.4 Å². The molecule has 1 unspecified atom stereocenters. The molecule has 2 rings (SSSR count). The second-order valence-corrected chi connectivity index (χ2v) is 6.71. The highest BCUT2D eigenvalue weighted by Crippen LogP contribution is 2.17. The minimum atomic E-state index is 0.243. The molecule has 116 valence electrons. The van der Waals surface area contributed by atoms with Crippen molar-refractivity contribution in [1.82, 2.24) is 4.90 Å². The van der Waals surface area contributed by atoms with Gasteiger partial charge in [0.05, 0.1) is 6.61 Å². The molecule has 0 bridgehead atoms. The Bertz CT molecular complexity index is 445. The molecule has 0 amide bonds. The smallest absolute Gasteiger partial charge is 0.162 e. The van der Waals surface area contributed by atoms with E-state index in [1.54, 1.807) is 7.11 Å². The molecule has 0 saturated carbocycles. The molecule has 1 fully saturated rings. The minimum Gasteiger partial charge on any atom is -0.384 e. The number of ketones is 1. The normalized spacial score (nSPS) is 19.6. The van der Waals surface area contributed by atoms with Crippen LogP contribution in [-0.4, -0.2) is 44.0 Å². The van der Waals surface area contributed by atoms with Crippen molar-refractivity contribution in [2.75, 3.05) is 33.4 Å². The molecule has 0 aliphatic carbocycles. The van der Waals surface area contributed by atoms with Crippen LogP contribution in [-0.2, 0) is 4.74 Å². The Balaban J connectivity index is 1.71. The van der Waals surface area contributed by atoms with Gasteiger partial charge < -0.3 is 9.64 Å². The van der Waals surface area contributed by atoms with Crippen LogP contribution in [0.2, 0.25) is 0 Å². The van der Waals surface area contributed by atoms with Crippen molar-refractivity contribution in [1.29, 1.82) is 0 Å². The molecular weight excluding hydrogens is 330 g/mol. The monoisotopic (exact) mass is 353 g/mol. The number of ether oxygens (including phenoxy) is 1. The highest BCUT2D eigenvalue weighted by Gasteiger charge is 2.19. The maximum Gasteiger partial charge on any atom is 0.162 e. The molecule has 1 aliphatic rings. The maximum atomic E-state index is 12.1. The lowest BCUT2D eigenvalue weighted by Crippen LogP contribution is -2.37. The van der Waals surface area contributed by atoms with E-state index in [0.717, 1.165) is 42.7 Å². The van der Waals surface area contributed by atoms with Gasteiger partial charge in [-0.1, -0.05) is 28.1 Å². The zero-order valence-corrected chi connectivity index (χ0v) is 14.3. The number of carbonyl (C=O) groups excluding carboxylic acids is 1. The zero-order chi connectivity index (χ0) is 15.1. The van der Waals surface area contributed by atoms with Gasteiger partial charge in [-0.2, -0.15) is 0 Å². The SMILES string of the molecule is COCC1CCCN(CCCC(=O)c2ccc(Br)cc2)C1. The summed E-state index contributed by atoms with van der Waals surface area (Å²) in [6, 6.07) is 7.63. The van der Waals surface area contributed by atoms with Crippen LogP contribution in [0.4, 0.5) is 0 Å². The molecule has 0 aromatic heterocycles. The molecule has 1 aliphatic heterocycles. The van der Waals surface area contributed by atoms with E-state index in [1.807, 2.05) is 24.3 Å². The van der Waals surface area contributed by atoms with Gasteiger partial charge in [-0.15, -0.1) is 0 Å². The van der Waals surface area contributed by atoms with Crippen LogP contribution in [0, 0.1) is 5.92 Å². The van der Waals surface area contributed by atoms with Crippen molar-refractivity contribution in [2.45, 2.75) is 25.7 Å². The number of halogens is 1. The van der Waals surface area contributed by atoms with Crippen LogP contribution in [0.5, 0.6) is 0 Å². The minimum absolute atomic E-state index is 0.243. The predicted octanol–water partition coefficient (Wildman–Crippen LogP) is 3.77. The summed E-state index contributed by atoms with van der Waals surface area (Å²) in [6.45, 7) is 4.14. The standard InChI is InChI=1S/C17H24BrNO2/c1-21-13-14-4-2-10-19(12-14)11-3-5-17(20)15-6-8-16(18)9-7-15/h6-9,14H,2-5,10-13H2,1H3. The van der Waals surface area contributed by atoms with Gasteiger partial charge in [-0.3, -0.25) is 4.79 Å². The first-order valence-corrected chi connectivity index (χ1v) is 8.48. The van der Waals surface area contributed by atoms with Gasteiger partial charge in [0.1, 0.15) is 0 Å². The van der Waals surface area contributed by atoms with Crippen LogP contribution < -0.4 is 0 Å². The number of nitrogens with zero attached hydrogens (tertiary/aromatic N) is 1. The molecule has 0 N–H and O–H groups in total. The zero-order valence-electron chi connectivity index (χ0n) is 12.7. The summed E-state index contributed by atoms with van der Waals surface area (Å²) >= 11 is 3.39. The van der Waals surface area contributed by atoms with Crippen LogP contribution in [0.15, 0.2) is 28.7 Å². The fourth-order valence-corrected chi connectivity index (χ4v) is 3.23. The Morgan fingerprint density at radius 2 is 2.14 bits per heavy atom. The lowest BCUT2D eigenvalue weighted by Gasteiger charge is -2.32. The number of benzene rings is 1. The van der Waals surface area contributed by atoms with Crippen LogP contribution in [0.1, 0.15) is 36.0 Å². The number of hydrogen-bond donors (Lipinski definition) is 0. The Labute approximate surface area is 135 Å². The second kappa shape index (κ2) is 8.66. The first-order chi connectivity index (χ1) is 10.2. The summed E-state index contributed by atoms with van der Waals surface area (Å²) < 4.78 is 6.27. The molecule has 4 heteroatoms. The molecule has 1 heterocycles. The Kier molecular flexibility index (Phi) is 6.87. The number of hydrogen-bond acceptors (Lipinski definition) is 3. The van der Waals surface area contributed by atoms with Crippen LogP contribution in [0.25, 0.3) is 0 Å². The van der Waals surface area contributed by atoms with E-state index < -0.39 is 0 Å². The molecule has 1 aromatic carbocycles. The number of piperidine rings is 1. The maximum absolute atomic E-state index is 12.1. The largest absolute Gasteiger partial charge is 0.384 e. The predicted molar refractivity (Wildman–Crippen MR) is 88.7 cm³/mol. The van der Waals surface area contributed by atoms with Crippen molar-refractivity contribution in [2.24, 2.45) is 5.92 Å². The van der Waals surface area contributed by atoms with Crippen molar-refractivity contribution in [3.8, 4) is 0 Å². The first-order valence-electron chi connectivity index (χ1n) is 7.69. The van der Waals surface area contributed by atoms with E-state index in [2.05, 4.69) is 20.8 Å². The van der Waals surface area contributed by atoms with Gasteiger partial charge >= 0.3 is 0 Å². The molecule has 1 aromatic rings. The number of rotatable bonds is 7. The topological polar surface area (TPSA) is 29.5 Å². The van der Waals surface area contributed by atoms with Crippen LogP contribution in [0.3, 0.4) is 0 Å². The Morgan fingerprint density at radius 1 is 1.38 bits per heavy atom. The molecule has 0 radical (unpaired) electrons. The molecule has 1 saturated heterocycles. The van der Waals surface area contributed by atoms with Crippen molar-refractivity contribution < 1.29 is 9.53 Å². The van der Waals surface area contributed by atoms with E-state index in [9.17, 15) is 4.79 Å². The summed E-state index contributed by atoms with van der Waals surface area (Å²) in [5, 5.41) is 0. The third-order valence-electron chi connectivity index (χ3n) is 4.05. The van der Waals surface area contributed by atoms with Gasteiger partial charge in [0, 0.05) is 30.1 Å². The lowest BCUT2D eigenvalue weighted by molar-refractivity contribution is 0.0869. The average Bonchev–Trinajstić information content (AvgIpc) is 2.48. The van der Waals surface area contributed by atoms with E-state index >= 15 is 0 Å². The van der Waals surface area contributed by atoms with E-state index in [1.165, 1.54) is 12.8 Å². The summed E-state index contributed by atoms with van der Waals surface area (Å²) in [7, 11) is 1.77. The highest BCUT2D eigenvalue weighted by molar-refractivity contribution is 9.10. The highest BCUT2D eigenvalue weighted by atomic mass is 79.9. The van der Waals surface area contributed by atoms with E-state index in [0.29, 0.717) is 12.3 Å². The molecule has 21 heavy (non-hydrogen) atoms. The molecular formula is C17H24BrNO2. The molecule has 1 atom stereocenters. The summed E-state index contributed by atoms with van der Waals surface area (Å²) in [6.07, 6.45) is 4.08. The third-order valence-corrected chi connectivity index (χ3v) is 4.58. The summed E-state index contributed by atoms with van der Waals surface area (Å²) in [4.78, 5) is 14.6. The lowest BCUT2D eigenvalue weighted by atomic mass is 9.98. The second-order valence-electron chi connectivity index (χ2n) is 5.80. The van der Waals surface area contributed by atoms with Gasteiger partial charge in [-0.25, -0.2) is 0 Å². The number of Topliss-reactive ketones (excluding diaryl/α,β-unsaturated/α-hetero) is 1. The number of carbonyl (C=O) groups is 1. The Morgan fingerprint density at radius 3 is 2.86 bits per heavy atom. The van der Waals surface area contributed by atoms with Gasteiger partial charge in [0.2, 0.25) is 0 Å². The summed E-state index contributed by atoms with van der Waals surface area (Å²) in [5.74, 6) is 0.902. The van der Waals surface area contributed by atoms with Crippen molar-refractivity contribution in [3.63, 3.8) is 0 Å². The average molecular weight is 354 g/mol. The molecule has 3 nitrogen and oxygen atoms in total. The Hall–Kier alpha value is -0.710. The first kappa shape index (κ1) is 16.7. The quantitative estimate of drug-likeness (QED) is 0.698. The fraction of sp³-hybridized carbons (Fsp3) is 0.588. The van der Waals surface area contributed by atoms with Crippen LogP contribution >= 0.6 is 15.9 Å². The fourth-order valence-electron chi connectivity index (χ4n) is 2.97. The van der Waals surface area contributed by atoms with E-state index in [4.69, 9.17) is 4.74 Å². The third kappa shape index (κ3) is 5.53. The van der Waals surface area contributed by atoms with Gasteiger partial charge in [0.15, 0.2) is 5.78 Å². The van der Waals surface area contributed by atoms with Gasteiger partial charge in [0.25, 0.3) is 0 Å². The molecule has 0 spiro atoms.